The van der Waals surface area contributed by atoms with Crippen LogP contribution in [0.1, 0.15) is 57.2 Å². The van der Waals surface area contributed by atoms with Crippen LogP contribution in [0, 0.1) is 12.8 Å². The summed E-state index contributed by atoms with van der Waals surface area (Å²) in [6, 6.07) is 13.4. The lowest BCUT2D eigenvalue weighted by molar-refractivity contribution is -0.121. The molecule has 1 fully saturated rings. The van der Waals surface area contributed by atoms with Crippen LogP contribution >= 0.6 is 0 Å². The van der Waals surface area contributed by atoms with E-state index in [0.717, 1.165) is 41.6 Å². The zero-order valence-electron chi connectivity index (χ0n) is 18.2. The number of carbonyl (C=O) groups excluding carboxylic acids is 3. The van der Waals surface area contributed by atoms with Gasteiger partial charge in [-0.15, -0.1) is 0 Å². The Morgan fingerprint density at radius 1 is 1.03 bits per heavy atom. The third kappa shape index (κ3) is 4.85. The summed E-state index contributed by atoms with van der Waals surface area (Å²) in [5, 5.41) is 2.82. The Balaban J connectivity index is 1.28. The molecule has 0 saturated carbocycles. The maximum absolute atomic E-state index is 12.5. The molecule has 1 N–H and O–H groups in total. The maximum atomic E-state index is 12.5. The van der Waals surface area contributed by atoms with Crippen LogP contribution in [0.15, 0.2) is 42.5 Å². The molecule has 1 saturated heterocycles. The van der Waals surface area contributed by atoms with E-state index in [1.807, 2.05) is 19.1 Å². The molecular formula is C25H29N3O3. The first-order valence-electron chi connectivity index (χ1n) is 10.9. The van der Waals surface area contributed by atoms with Crippen LogP contribution in [-0.2, 0) is 17.9 Å². The van der Waals surface area contributed by atoms with Crippen LogP contribution < -0.4 is 5.32 Å². The Morgan fingerprint density at radius 2 is 1.74 bits per heavy atom. The van der Waals surface area contributed by atoms with Gasteiger partial charge in [0.05, 0.1) is 11.1 Å². The minimum Gasteiger partial charge on any atom is -0.350 e. The number of rotatable bonds is 6. The summed E-state index contributed by atoms with van der Waals surface area (Å²) in [7, 11) is 0. The van der Waals surface area contributed by atoms with Gasteiger partial charge in [0.1, 0.15) is 6.54 Å². The highest BCUT2D eigenvalue weighted by Crippen LogP contribution is 2.23. The summed E-state index contributed by atoms with van der Waals surface area (Å²) < 4.78 is 0. The van der Waals surface area contributed by atoms with E-state index in [2.05, 4.69) is 29.3 Å². The quantitative estimate of drug-likeness (QED) is 0.731. The molecule has 2 aliphatic rings. The average Bonchev–Trinajstić information content (AvgIpc) is 2.97. The summed E-state index contributed by atoms with van der Waals surface area (Å²) in [6.45, 7) is 7.52. The van der Waals surface area contributed by atoms with Gasteiger partial charge in [0.2, 0.25) is 5.91 Å². The molecule has 1 unspecified atom stereocenters. The summed E-state index contributed by atoms with van der Waals surface area (Å²) >= 11 is 0. The fourth-order valence-corrected chi connectivity index (χ4v) is 4.40. The molecule has 0 aromatic heterocycles. The van der Waals surface area contributed by atoms with E-state index >= 15 is 0 Å². The van der Waals surface area contributed by atoms with Crippen molar-refractivity contribution >= 4 is 17.7 Å². The molecule has 2 heterocycles. The van der Waals surface area contributed by atoms with Crippen molar-refractivity contribution in [2.45, 2.75) is 39.8 Å². The van der Waals surface area contributed by atoms with Gasteiger partial charge in [0.15, 0.2) is 0 Å². The molecule has 6 heteroatoms. The minimum atomic E-state index is -0.411. The highest BCUT2D eigenvalue weighted by molar-refractivity contribution is 6.22. The minimum absolute atomic E-state index is 0.267. The molecule has 162 valence electrons. The topological polar surface area (TPSA) is 69.7 Å². The number of piperidine rings is 1. The third-order valence-corrected chi connectivity index (χ3v) is 6.09. The standard InChI is InChI=1S/C25H29N3O3/c1-17-5-10-21-22(12-17)25(31)28(24(21)30)16-23(29)26-13-19-6-8-20(9-7-19)15-27-11-3-4-18(2)14-27/h5-10,12,18H,3-4,11,13-16H2,1-2H3,(H,26,29). The summed E-state index contributed by atoms with van der Waals surface area (Å²) in [5.74, 6) is -0.409. The lowest BCUT2D eigenvalue weighted by Crippen LogP contribution is -2.40. The number of aryl methyl sites for hydroxylation is 1. The van der Waals surface area contributed by atoms with Crippen molar-refractivity contribution in [3.63, 3.8) is 0 Å². The second-order valence-corrected chi connectivity index (χ2v) is 8.82. The van der Waals surface area contributed by atoms with Crippen LogP contribution in [0.5, 0.6) is 0 Å². The Morgan fingerprint density at radius 3 is 2.48 bits per heavy atom. The Hall–Kier alpha value is -2.99. The van der Waals surface area contributed by atoms with Gasteiger partial charge in [-0.3, -0.25) is 24.2 Å². The van der Waals surface area contributed by atoms with Gasteiger partial charge in [0.25, 0.3) is 11.8 Å². The SMILES string of the molecule is Cc1ccc2c(c1)C(=O)N(CC(=O)NCc1ccc(CN3CCCC(C)C3)cc1)C2=O. The highest BCUT2D eigenvalue weighted by atomic mass is 16.2. The van der Waals surface area contributed by atoms with E-state index < -0.39 is 11.8 Å². The van der Waals surface area contributed by atoms with Gasteiger partial charge in [-0.2, -0.15) is 0 Å². The third-order valence-electron chi connectivity index (χ3n) is 6.09. The van der Waals surface area contributed by atoms with E-state index in [-0.39, 0.29) is 12.5 Å². The second kappa shape index (κ2) is 9.02. The van der Waals surface area contributed by atoms with Gasteiger partial charge < -0.3 is 5.32 Å². The van der Waals surface area contributed by atoms with E-state index in [1.165, 1.54) is 18.4 Å². The van der Waals surface area contributed by atoms with Crippen molar-refractivity contribution in [1.29, 1.82) is 0 Å². The molecule has 0 spiro atoms. The van der Waals surface area contributed by atoms with E-state index in [0.29, 0.717) is 17.7 Å². The van der Waals surface area contributed by atoms with Crippen molar-refractivity contribution in [2.75, 3.05) is 19.6 Å². The van der Waals surface area contributed by atoms with E-state index in [9.17, 15) is 14.4 Å². The molecule has 2 aliphatic heterocycles. The Kier molecular flexibility index (Phi) is 6.18. The first-order valence-corrected chi connectivity index (χ1v) is 10.9. The van der Waals surface area contributed by atoms with Crippen molar-refractivity contribution < 1.29 is 14.4 Å². The van der Waals surface area contributed by atoms with Crippen molar-refractivity contribution in [3.05, 3.63) is 70.3 Å². The van der Waals surface area contributed by atoms with Crippen molar-refractivity contribution in [3.8, 4) is 0 Å². The molecular weight excluding hydrogens is 390 g/mol. The number of imide groups is 1. The summed E-state index contributed by atoms with van der Waals surface area (Å²) in [4.78, 5) is 40.9. The van der Waals surface area contributed by atoms with Gasteiger partial charge in [-0.25, -0.2) is 0 Å². The molecule has 0 aliphatic carbocycles. The predicted octanol–water partition coefficient (Wildman–Crippen LogP) is 3.14. The number of fused-ring (bicyclic) bond motifs is 1. The second-order valence-electron chi connectivity index (χ2n) is 8.82. The number of nitrogens with zero attached hydrogens (tertiary/aromatic N) is 2. The smallest absolute Gasteiger partial charge is 0.262 e. The van der Waals surface area contributed by atoms with Crippen molar-refractivity contribution in [1.82, 2.24) is 15.1 Å². The van der Waals surface area contributed by atoms with E-state index in [4.69, 9.17) is 0 Å². The molecule has 0 radical (unpaired) electrons. The number of likely N-dealkylation sites (tertiary alicyclic amines) is 1. The van der Waals surface area contributed by atoms with Crippen LogP contribution in [0.25, 0.3) is 0 Å². The van der Waals surface area contributed by atoms with Crippen molar-refractivity contribution in [2.24, 2.45) is 5.92 Å². The fraction of sp³-hybridized carbons (Fsp3) is 0.400. The predicted molar refractivity (Wildman–Crippen MR) is 119 cm³/mol. The van der Waals surface area contributed by atoms with Gasteiger partial charge in [0, 0.05) is 19.6 Å². The summed E-state index contributed by atoms with van der Waals surface area (Å²) in [6.07, 6.45) is 2.58. The number of amides is 3. The van der Waals surface area contributed by atoms with Gasteiger partial charge in [-0.05, 0) is 55.5 Å². The molecule has 3 amide bonds. The zero-order valence-corrected chi connectivity index (χ0v) is 18.2. The Labute approximate surface area is 183 Å². The molecule has 2 aromatic carbocycles. The number of hydrogen-bond donors (Lipinski definition) is 1. The molecule has 0 bridgehead atoms. The zero-order chi connectivity index (χ0) is 22.0. The largest absolute Gasteiger partial charge is 0.350 e. The fourth-order valence-electron chi connectivity index (χ4n) is 4.40. The average molecular weight is 420 g/mol. The first-order chi connectivity index (χ1) is 14.9. The van der Waals surface area contributed by atoms with Gasteiger partial charge >= 0.3 is 0 Å². The van der Waals surface area contributed by atoms with E-state index in [1.54, 1.807) is 18.2 Å². The maximum Gasteiger partial charge on any atom is 0.262 e. The summed E-state index contributed by atoms with van der Waals surface area (Å²) in [5.41, 5.74) is 3.90. The normalized spacial score (nSPS) is 18.9. The molecule has 2 aromatic rings. The highest BCUT2D eigenvalue weighted by Gasteiger charge is 2.36. The molecule has 1 atom stereocenters. The van der Waals surface area contributed by atoms with Crippen LogP contribution in [0.3, 0.4) is 0 Å². The monoisotopic (exact) mass is 419 g/mol. The number of hydrogen-bond acceptors (Lipinski definition) is 4. The first kappa shape index (κ1) is 21.2. The Bertz CT molecular complexity index is 1000. The van der Waals surface area contributed by atoms with Crippen LogP contribution in [0.2, 0.25) is 0 Å². The lowest BCUT2D eigenvalue weighted by Gasteiger charge is -2.30. The lowest BCUT2D eigenvalue weighted by atomic mass is 9.99. The molecule has 4 rings (SSSR count). The number of benzene rings is 2. The number of carbonyl (C=O) groups is 3. The molecule has 31 heavy (non-hydrogen) atoms. The van der Waals surface area contributed by atoms with Crippen LogP contribution in [-0.4, -0.2) is 47.2 Å². The molecule has 6 nitrogen and oxygen atoms in total. The number of nitrogens with one attached hydrogen (secondary N) is 1. The van der Waals surface area contributed by atoms with Crippen LogP contribution in [0.4, 0.5) is 0 Å². The van der Waals surface area contributed by atoms with Gasteiger partial charge in [-0.1, -0.05) is 42.8 Å².